The van der Waals surface area contributed by atoms with Crippen LogP contribution < -0.4 is 5.73 Å². The van der Waals surface area contributed by atoms with Crippen molar-refractivity contribution < 1.29 is 4.39 Å². The molecule has 2 N–H and O–H groups in total. The molecule has 1 nitrogen and oxygen atoms in total. The number of nitrogens with two attached hydrogens (primary N) is 1. The van der Waals surface area contributed by atoms with Gasteiger partial charge >= 0.3 is 0 Å². The van der Waals surface area contributed by atoms with Crippen molar-refractivity contribution in [2.45, 2.75) is 32.7 Å². The highest BCUT2D eigenvalue weighted by molar-refractivity contribution is 6.30. The van der Waals surface area contributed by atoms with Crippen molar-refractivity contribution in [2.75, 3.05) is 0 Å². The van der Waals surface area contributed by atoms with Crippen LogP contribution in [0.25, 0.3) is 0 Å². The van der Waals surface area contributed by atoms with Gasteiger partial charge < -0.3 is 5.73 Å². The standard InChI is InChI=1S/C17H19ClFN/c1-11-4-6-14(8-12(11)2)17(3,20)10-13-5-7-16(19)15(18)9-13/h4-9H,10,20H2,1-3H3. The van der Waals surface area contributed by atoms with Crippen molar-refractivity contribution >= 4 is 11.6 Å². The number of aryl methyl sites for hydroxylation is 2. The molecule has 0 aliphatic rings. The third-order valence-corrected chi connectivity index (χ3v) is 4.01. The predicted molar refractivity (Wildman–Crippen MR) is 82.6 cm³/mol. The number of rotatable bonds is 3. The number of hydrogen-bond acceptors (Lipinski definition) is 1. The summed E-state index contributed by atoms with van der Waals surface area (Å²) < 4.78 is 13.2. The zero-order valence-corrected chi connectivity index (χ0v) is 12.8. The summed E-state index contributed by atoms with van der Waals surface area (Å²) in [5.74, 6) is -0.402. The Bertz CT molecular complexity index is 635. The minimum Gasteiger partial charge on any atom is -0.321 e. The molecule has 0 amide bonds. The van der Waals surface area contributed by atoms with Crippen LogP contribution in [-0.4, -0.2) is 0 Å². The fourth-order valence-electron chi connectivity index (χ4n) is 2.27. The van der Waals surface area contributed by atoms with Gasteiger partial charge in [0.25, 0.3) is 0 Å². The molecular formula is C17H19ClFN. The van der Waals surface area contributed by atoms with Crippen LogP contribution in [0, 0.1) is 19.7 Å². The van der Waals surface area contributed by atoms with Crippen molar-refractivity contribution in [2.24, 2.45) is 5.73 Å². The summed E-state index contributed by atoms with van der Waals surface area (Å²) in [6.45, 7) is 6.13. The lowest BCUT2D eigenvalue weighted by molar-refractivity contribution is 0.490. The Morgan fingerprint density at radius 2 is 1.80 bits per heavy atom. The van der Waals surface area contributed by atoms with Crippen LogP contribution in [0.4, 0.5) is 4.39 Å². The van der Waals surface area contributed by atoms with Crippen molar-refractivity contribution in [3.8, 4) is 0 Å². The molecule has 3 heteroatoms. The van der Waals surface area contributed by atoms with E-state index < -0.39 is 11.4 Å². The molecule has 0 bridgehead atoms. The molecule has 2 rings (SSSR count). The molecule has 0 fully saturated rings. The van der Waals surface area contributed by atoms with Crippen LogP contribution in [0.1, 0.15) is 29.2 Å². The van der Waals surface area contributed by atoms with Gasteiger partial charge in [-0.1, -0.05) is 35.9 Å². The zero-order chi connectivity index (χ0) is 14.9. The Labute approximate surface area is 124 Å². The molecule has 0 spiro atoms. The molecule has 106 valence electrons. The summed E-state index contributed by atoms with van der Waals surface area (Å²) >= 11 is 5.82. The van der Waals surface area contributed by atoms with E-state index in [0.717, 1.165) is 11.1 Å². The highest BCUT2D eigenvalue weighted by Crippen LogP contribution is 2.26. The third-order valence-electron chi connectivity index (χ3n) is 3.72. The number of benzene rings is 2. The van der Waals surface area contributed by atoms with E-state index in [0.29, 0.717) is 6.42 Å². The first-order valence-corrected chi connectivity index (χ1v) is 6.98. The lowest BCUT2D eigenvalue weighted by atomic mass is 9.85. The molecule has 2 aromatic carbocycles. The Balaban J connectivity index is 2.29. The normalized spacial score (nSPS) is 14.1. The minimum absolute atomic E-state index is 0.137. The quantitative estimate of drug-likeness (QED) is 0.884. The summed E-state index contributed by atoms with van der Waals surface area (Å²) in [6.07, 6.45) is 0.607. The van der Waals surface area contributed by atoms with E-state index in [1.807, 2.05) is 13.0 Å². The molecule has 0 saturated carbocycles. The molecule has 1 unspecified atom stereocenters. The van der Waals surface area contributed by atoms with Crippen molar-refractivity contribution in [1.82, 2.24) is 0 Å². The van der Waals surface area contributed by atoms with Crippen molar-refractivity contribution in [3.05, 3.63) is 69.5 Å². The molecule has 0 saturated heterocycles. The van der Waals surface area contributed by atoms with Crippen LogP contribution in [0.2, 0.25) is 5.02 Å². The van der Waals surface area contributed by atoms with Crippen LogP contribution in [0.5, 0.6) is 0 Å². The number of halogens is 2. The summed E-state index contributed by atoms with van der Waals surface area (Å²) in [5, 5.41) is 0.137. The predicted octanol–water partition coefficient (Wildman–Crippen LogP) is 4.51. The molecule has 0 aromatic heterocycles. The van der Waals surface area contributed by atoms with Gasteiger partial charge in [0.2, 0.25) is 0 Å². The Hall–Kier alpha value is -1.38. The molecular weight excluding hydrogens is 273 g/mol. The van der Waals surface area contributed by atoms with Crippen molar-refractivity contribution in [3.63, 3.8) is 0 Å². The van der Waals surface area contributed by atoms with Crippen LogP contribution in [0.15, 0.2) is 36.4 Å². The zero-order valence-electron chi connectivity index (χ0n) is 12.0. The summed E-state index contributed by atoms with van der Waals surface area (Å²) in [4.78, 5) is 0. The molecule has 0 heterocycles. The summed E-state index contributed by atoms with van der Waals surface area (Å²) in [7, 11) is 0. The Morgan fingerprint density at radius 1 is 1.10 bits per heavy atom. The summed E-state index contributed by atoms with van der Waals surface area (Å²) in [5.41, 5.74) is 10.4. The first kappa shape index (κ1) is 15.0. The van der Waals surface area contributed by atoms with Gasteiger partial charge in [0.05, 0.1) is 5.02 Å². The lowest BCUT2D eigenvalue weighted by Crippen LogP contribution is -2.35. The molecule has 2 aromatic rings. The van der Waals surface area contributed by atoms with Crippen molar-refractivity contribution in [1.29, 1.82) is 0 Å². The maximum atomic E-state index is 13.2. The van der Waals surface area contributed by atoms with E-state index >= 15 is 0 Å². The second-order valence-corrected chi connectivity index (χ2v) is 6.05. The molecule has 0 aliphatic heterocycles. The topological polar surface area (TPSA) is 26.0 Å². The van der Waals surface area contributed by atoms with Gasteiger partial charge in [-0.2, -0.15) is 0 Å². The van der Waals surface area contributed by atoms with Crippen LogP contribution in [-0.2, 0) is 12.0 Å². The maximum absolute atomic E-state index is 13.2. The highest BCUT2D eigenvalue weighted by Gasteiger charge is 2.22. The van der Waals surface area contributed by atoms with E-state index in [1.165, 1.54) is 17.2 Å². The molecule has 0 radical (unpaired) electrons. The highest BCUT2D eigenvalue weighted by atomic mass is 35.5. The first-order valence-electron chi connectivity index (χ1n) is 6.60. The van der Waals surface area contributed by atoms with Gasteiger partial charge in [0.15, 0.2) is 0 Å². The SMILES string of the molecule is Cc1ccc(C(C)(N)Cc2ccc(F)c(Cl)c2)cc1C. The molecule has 1 atom stereocenters. The van der Waals surface area contributed by atoms with Gasteiger partial charge in [-0.15, -0.1) is 0 Å². The Morgan fingerprint density at radius 3 is 2.40 bits per heavy atom. The first-order chi connectivity index (χ1) is 9.29. The maximum Gasteiger partial charge on any atom is 0.141 e. The molecule has 20 heavy (non-hydrogen) atoms. The monoisotopic (exact) mass is 291 g/mol. The van der Waals surface area contributed by atoms with E-state index in [4.69, 9.17) is 17.3 Å². The lowest BCUT2D eigenvalue weighted by Gasteiger charge is -2.26. The smallest absolute Gasteiger partial charge is 0.141 e. The fraction of sp³-hybridized carbons (Fsp3) is 0.294. The third kappa shape index (κ3) is 3.20. The van der Waals surface area contributed by atoms with Gasteiger partial charge in [0.1, 0.15) is 5.82 Å². The van der Waals surface area contributed by atoms with Gasteiger partial charge in [0, 0.05) is 5.54 Å². The number of hydrogen-bond donors (Lipinski definition) is 1. The van der Waals surface area contributed by atoms with E-state index in [-0.39, 0.29) is 5.02 Å². The average molecular weight is 292 g/mol. The second-order valence-electron chi connectivity index (χ2n) is 5.64. The average Bonchev–Trinajstić information content (AvgIpc) is 2.37. The van der Waals surface area contributed by atoms with Gasteiger partial charge in [-0.25, -0.2) is 4.39 Å². The van der Waals surface area contributed by atoms with E-state index in [2.05, 4.69) is 26.0 Å². The largest absolute Gasteiger partial charge is 0.321 e. The fourth-order valence-corrected chi connectivity index (χ4v) is 2.48. The van der Waals surface area contributed by atoms with Gasteiger partial charge in [-0.05, 0) is 61.6 Å². The minimum atomic E-state index is -0.514. The van der Waals surface area contributed by atoms with E-state index in [9.17, 15) is 4.39 Å². The van der Waals surface area contributed by atoms with Crippen LogP contribution in [0.3, 0.4) is 0 Å². The van der Waals surface area contributed by atoms with Gasteiger partial charge in [-0.3, -0.25) is 0 Å². The molecule has 0 aliphatic carbocycles. The Kier molecular flexibility index (Phi) is 4.17. The van der Waals surface area contributed by atoms with Crippen LogP contribution >= 0.6 is 11.6 Å². The second kappa shape index (κ2) is 5.55. The summed E-state index contributed by atoms with van der Waals surface area (Å²) in [6, 6.07) is 11.0. The van der Waals surface area contributed by atoms with E-state index in [1.54, 1.807) is 12.1 Å².